The second kappa shape index (κ2) is 9.77. The standard InChI is InChI=1S/C18H23Cl2F3N4O2/c1-17(2,3)9-27(8-13(28)14-11(19)6-26-7-12(14)20)16(29)10(5-24)15(25-4)18(21,22)23/h5-6,13,24,26,28H,4,7-9H2,1-3H3/b15-10+,24-5?. The normalized spacial score (nSPS) is 17.1. The largest absolute Gasteiger partial charge is 0.434 e. The number of nitrogens with one attached hydrogen (secondary N) is 2. The van der Waals surface area contributed by atoms with Gasteiger partial charge in [-0.15, -0.1) is 0 Å². The lowest BCUT2D eigenvalue weighted by molar-refractivity contribution is -0.130. The molecule has 1 amide bonds. The highest BCUT2D eigenvalue weighted by atomic mass is 35.5. The summed E-state index contributed by atoms with van der Waals surface area (Å²) in [6.45, 7) is 7.99. The molecule has 0 aromatic rings. The zero-order valence-electron chi connectivity index (χ0n) is 16.2. The highest BCUT2D eigenvalue weighted by Gasteiger charge is 2.39. The quantitative estimate of drug-likeness (QED) is 0.405. The number of rotatable bonds is 7. The van der Waals surface area contributed by atoms with Crippen LogP contribution in [0.5, 0.6) is 0 Å². The van der Waals surface area contributed by atoms with Crippen LogP contribution < -0.4 is 5.32 Å². The summed E-state index contributed by atoms with van der Waals surface area (Å²) in [5.41, 5.74) is -2.88. The fourth-order valence-electron chi connectivity index (χ4n) is 2.69. The third kappa shape index (κ3) is 6.87. The second-order valence-electron chi connectivity index (χ2n) is 7.52. The monoisotopic (exact) mass is 454 g/mol. The van der Waals surface area contributed by atoms with Gasteiger partial charge in [0.1, 0.15) is 0 Å². The number of carbonyl (C=O) groups is 1. The molecule has 3 N–H and O–H groups in total. The first kappa shape index (κ1) is 25.2. The molecule has 0 spiro atoms. The molecule has 0 aromatic heterocycles. The minimum atomic E-state index is -4.97. The summed E-state index contributed by atoms with van der Waals surface area (Å²) in [5, 5.41) is 21.1. The Balaban J connectivity index is 3.36. The molecule has 0 radical (unpaired) electrons. The number of halogens is 5. The molecule has 0 bridgehead atoms. The van der Waals surface area contributed by atoms with Gasteiger partial charge in [-0.1, -0.05) is 44.0 Å². The molecule has 1 atom stereocenters. The first-order valence-electron chi connectivity index (χ1n) is 8.47. The molecule has 11 heteroatoms. The van der Waals surface area contributed by atoms with Crippen LogP contribution >= 0.6 is 23.2 Å². The van der Waals surface area contributed by atoms with Crippen molar-refractivity contribution >= 4 is 42.0 Å². The van der Waals surface area contributed by atoms with Crippen LogP contribution in [-0.2, 0) is 4.79 Å². The van der Waals surface area contributed by atoms with Gasteiger partial charge >= 0.3 is 6.18 Å². The van der Waals surface area contributed by atoms with Crippen LogP contribution in [0.2, 0.25) is 0 Å². The lowest BCUT2D eigenvalue weighted by atomic mass is 9.94. The molecule has 29 heavy (non-hydrogen) atoms. The van der Waals surface area contributed by atoms with E-state index >= 15 is 0 Å². The van der Waals surface area contributed by atoms with Crippen LogP contribution in [0.3, 0.4) is 0 Å². The summed E-state index contributed by atoms with van der Waals surface area (Å²) in [6, 6.07) is 0. The predicted octanol–water partition coefficient (Wildman–Crippen LogP) is 3.56. The summed E-state index contributed by atoms with van der Waals surface area (Å²) in [5.74, 6) is -1.11. The number of hydrogen-bond acceptors (Lipinski definition) is 5. The second-order valence-corrected chi connectivity index (χ2v) is 8.38. The Labute approximate surface area is 177 Å². The first-order chi connectivity index (χ1) is 13.2. The van der Waals surface area contributed by atoms with Crippen molar-refractivity contribution in [2.75, 3.05) is 19.6 Å². The highest BCUT2D eigenvalue weighted by molar-refractivity contribution is 6.36. The van der Waals surface area contributed by atoms with Gasteiger partial charge in [0.05, 0.1) is 29.8 Å². The number of dihydropyridines is 1. The van der Waals surface area contributed by atoms with Crippen LogP contribution in [0.25, 0.3) is 0 Å². The summed E-state index contributed by atoms with van der Waals surface area (Å²) < 4.78 is 39.6. The van der Waals surface area contributed by atoms with E-state index in [9.17, 15) is 23.1 Å². The maximum absolute atomic E-state index is 13.2. The lowest BCUT2D eigenvalue weighted by Gasteiger charge is -2.33. The molecule has 0 fully saturated rings. The number of alkyl halides is 3. The molecule has 1 aliphatic heterocycles. The van der Waals surface area contributed by atoms with E-state index in [4.69, 9.17) is 28.6 Å². The summed E-state index contributed by atoms with van der Waals surface area (Å²) in [7, 11) is 0. The number of allylic oxidation sites excluding steroid dienone is 1. The van der Waals surface area contributed by atoms with E-state index in [2.05, 4.69) is 17.0 Å². The molecule has 6 nitrogen and oxygen atoms in total. The van der Waals surface area contributed by atoms with Crippen molar-refractivity contribution in [2.24, 2.45) is 10.4 Å². The molecule has 1 unspecified atom stereocenters. The Kier molecular flexibility index (Phi) is 8.49. The number of aliphatic hydroxyl groups is 1. The van der Waals surface area contributed by atoms with Crippen molar-refractivity contribution in [3.63, 3.8) is 0 Å². The Bertz CT molecular complexity index is 768. The fourth-order valence-corrected chi connectivity index (χ4v) is 3.36. The molecule has 1 aliphatic rings. The van der Waals surface area contributed by atoms with E-state index in [-0.39, 0.29) is 41.5 Å². The van der Waals surface area contributed by atoms with Gasteiger partial charge in [-0.3, -0.25) is 9.79 Å². The van der Waals surface area contributed by atoms with E-state index in [1.54, 1.807) is 20.8 Å². The molecule has 162 valence electrons. The maximum atomic E-state index is 13.2. The van der Waals surface area contributed by atoms with Crippen LogP contribution in [0.4, 0.5) is 13.2 Å². The predicted molar refractivity (Wildman–Crippen MR) is 108 cm³/mol. The molecular formula is C18H23Cl2F3N4O2. The Morgan fingerprint density at radius 2 is 2.03 bits per heavy atom. The lowest BCUT2D eigenvalue weighted by Crippen LogP contribution is -2.44. The van der Waals surface area contributed by atoms with Crippen molar-refractivity contribution in [2.45, 2.75) is 33.1 Å². The van der Waals surface area contributed by atoms with Crippen LogP contribution in [-0.4, -0.2) is 60.8 Å². The number of amides is 1. The molecular weight excluding hydrogens is 432 g/mol. The van der Waals surface area contributed by atoms with E-state index < -0.39 is 34.9 Å². The third-order valence-corrected chi connectivity index (χ3v) is 4.42. The van der Waals surface area contributed by atoms with Crippen LogP contribution in [0, 0.1) is 10.8 Å². The molecule has 0 aromatic carbocycles. The first-order valence-corrected chi connectivity index (χ1v) is 9.22. The van der Waals surface area contributed by atoms with Gasteiger partial charge in [0, 0.05) is 29.6 Å². The average Bonchev–Trinajstić information content (AvgIpc) is 2.55. The maximum Gasteiger partial charge on any atom is 0.434 e. The average molecular weight is 455 g/mol. The number of nitrogens with zero attached hydrogens (tertiary/aromatic N) is 2. The van der Waals surface area contributed by atoms with E-state index in [0.717, 1.165) is 4.90 Å². The van der Waals surface area contributed by atoms with Gasteiger partial charge < -0.3 is 20.7 Å². The SMILES string of the molecule is C=N/C(=C(\C=N)C(=O)N(CC(O)C1=C(Cl)CNC=C1Cl)CC(C)(C)C)C(F)(F)F. The van der Waals surface area contributed by atoms with Gasteiger partial charge in [0.2, 0.25) is 0 Å². The fraction of sp³-hybridized carbons (Fsp3) is 0.500. The van der Waals surface area contributed by atoms with Crippen molar-refractivity contribution < 1.29 is 23.1 Å². The van der Waals surface area contributed by atoms with Crippen LogP contribution in [0.15, 0.2) is 38.1 Å². The van der Waals surface area contributed by atoms with E-state index in [0.29, 0.717) is 0 Å². The number of aliphatic hydroxyl groups excluding tert-OH is 1. The van der Waals surface area contributed by atoms with Gasteiger partial charge in [0.15, 0.2) is 5.70 Å². The molecule has 1 rings (SSSR count). The molecule has 0 saturated heterocycles. The van der Waals surface area contributed by atoms with E-state index in [1.165, 1.54) is 6.20 Å². The molecule has 0 saturated carbocycles. The van der Waals surface area contributed by atoms with Crippen molar-refractivity contribution in [1.29, 1.82) is 5.41 Å². The summed E-state index contributed by atoms with van der Waals surface area (Å²) in [4.78, 5) is 16.8. The zero-order valence-corrected chi connectivity index (χ0v) is 17.7. The van der Waals surface area contributed by atoms with Crippen molar-refractivity contribution in [1.82, 2.24) is 10.2 Å². The minimum Gasteiger partial charge on any atom is -0.386 e. The number of aliphatic imine (C=N–C) groups is 1. The third-order valence-electron chi connectivity index (χ3n) is 3.77. The van der Waals surface area contributed by atoms with Gasteiger partial charge in [-0.25, -0.2) is 0 Å². The Morgan fingerprint density at radius 1 is 1.45 bits per heavy atom. The Morgan fingerprint density at radius 3 is 2.45 bits per heavy atom. The topological polar surface area (TPSA) is 88.8 Å². The van der Waals surface area contributed by atoms with Crippen LogP contribution in [0.1, 0.15) is 20.8 Å². The van der Waals surface area contributed by atoms with Gasteiger partial charge in [-0.05, 0) is 12.1 Å². The molecule has 0 aliphatic carbocycles. The Hall–Kier alpha value is -1.84. The zero-order chi connectivity index (χ0) is 22.6. The van der Waals surface area contributed by atoms with Gasteiger partial charge in [-0.2, -0.15) is 13.2 Å². The minimum absolute atomic E-state index is 0.00695. The van der Waals surface area contributed by atoms with Crippen molar-refractivity contribution in [3.05, 3.63) is 33.1 Å². The smallest absolute Gasteiger partial charge is 0.386 e. The highest BCUT2D eigenvalue weighted by Crippen LogP contribution is 2.31. The van der Waals surface area contributed by atoms with E-state index in [1.807, 2.05) is 0 Å². The summed E-state index contributed by atoms with van der Waals surface area (Å²) in [6.07, 6.45) is -4.61. The van der Waals surface area contributed by atoms with Gasteiger partial charge in [0.25, 0.3) is 5.91 Å². The number of carbonyl (C=O) groups excluding carboxylic acids is 1. The molecule has 1 heterocycles. The summed E-state index contributed by atoms with van der Waals surface area (Å²) >= 11 is 12.2. The van der Waals surface area contributed by atoms with Crippen molar-refractivity contribution in [3.8, 4) is 0 Å². The number of hydrogen-bond donors (Lipinski definition) is 3.